The van der Waals surface area contributed by atoms with Gasteiger partial charge in [-0.05, 0) is 29.8 Å². The van der Waals surface area contributed by atoms with Gasteiger partial charge in [0.2, 0.25) is 0 Å². The summed E-state index contributed by atoms with van der Waals surface area (Å²) < 4.78 is 12.0. The highest BCUT2D eigenvalue weighted by Gasteiger charge is 2.27. The van der Waals surface area contributed by atoms with Crippen LogP contribution in [-0.4, -0.2) is 12.2 Å². The number of ether oxygens (including phenoxy) is 2. The van der Waals surface area contributed by atoms with Gasteiger partial charge in [-0.3, -0.25) is 0 Å². The standard InChI is InChI=1S/C16H16BrNO3/c1-20-14-5-2-9(6-13(14)19)15-8-12(18)11-4-3-10(17)7-16(11)21-15/h2-7,12,15,19H,8,18H2,1H3/t12-,15?/m1/s1. The number of methoxy groups -OCH3 is 1. The Morgan fingerprint density at radius 3 is 2.81 bits per heavy atom. The highest BCUT2D eigenvalue weighted by molar-refractivity contribution is 9.10. The lowest BCUT2D eigenvalue weighted by Crippen LogP contribution is -2.24. The zero-order chi connectivity index (χ0) is 15.0. The number of nitrogens with two attached hydrogens (primary N) is 1. The number of benzene rings is 2. The van der Waals surface area contributed by atoms with E-state index in [9.17, 15) is 5.11 Å². The van der Waals surface area contributed by atoms with Crippen LogP contribution in [0.2, 0.25) is 0 Å². The molecule has 0 amide bonds. The van der Waals surface area contributed by atoms with Crippen molar-refractivity contribution in [2.45, 2.75) is 18.6 Å². The minimum Gasteiger partial charge on any atom is -0.504 e. The van der Waals surface area contributed by atoms with Crippen molar-refractivity contribution in [2.75, 3.05) is 7.11 Å². The van der Waals surface area contributed by atoms with E-state index in [4.69, 9.17) is 15.2 Å². The Hall–Kier alpha value is -1.72. The quantitative estimate of drug-likeness (QED) is 0.867. The molecule has 1 heterocycles. The Balaban J connectivity index is 1.93. The van der Waals surface area contributed by atoms with Crippen LogP contribution in [0.3, 0.4) is 0 Å². The SMILES string of the molecule is COc1ccc(C2C[C@@H](N)c3ccc(Br)cc3O2)cc1O. The Bertz CT molecular complexity index is 675. The molecule has 0 spiro atoms. The number of hydrogen-bond acceptors (Lipinski definition) is 4. The first-order chi connectivity index (χ1) is 10.1. The fourth-order valence-corrected chi connectivity index (χ4v) is 2.93. The number of aromatic hydroxyl groups is 1. The third-order valence-electron chi connectivity index (χ3n) is 3.69. The minimum atomic E-state index is -0.182. The lowest BCUT2D eigenvalue weighted by Gasteiger charge is -2.30. The van der Waals surface area contributed by atoms with E-state index in [1.54, 1.807) is 12.1 Å². The molecule has 2 atom stereocenters. The number of phenolic OH excluding ortho intramolecular Hbond substituents is 1. The van der Waals surface area contributed by atoms with Gasteiger partial charge in [-0.2, -0.15) is 0 Å². The van der Waals surface area contributed by atoms with Crippen molar-refractivity contribution < 1.29 is 14.6 Å². The molecule has 0 bridgehead atoms. The van der Waals surface area contributed by atoms with Crippen molar-refractivity contribution in [3.63, 3.8) is 0 Å². The van der Waals surface area contributed by atoms with Crippen LogP contribution in [0.15, 0.2) is 40.9 Å². The average Bonchev–Trinajstić information content (AvgIpc) is 2.46. The van der Waals surface area contributed by atoms with Crippen LogP contribution in [0.1, 0.15) is 29.7 Å². The van der Waals surface area contributed by atoms with Crippen molar-refractivity contribution in [1.29, 1.82) is 0 Å². The molecule has 0 fully saturated rings. The van der Waals surface area contributed by atoms with Crippen molar-refractivity contribution >= 4 is 15.9 Å². The molecule has 0 saturated heterocycles. The summed E-state index contributed by atoms with van der Waals surface area (Å²) in [4.78, 5) is 0. The second-order valence-electron chi connectivity index (χ2n) is 5.06. The van der Waals surface area contributed by atoms with Crippen LogP contribution < -0.4 is 15.2 Å². The molecule has 3 rings (SSSR count). The highest BCUT2D eigenvalue weighted by atomic mass is 79.9. The maximum atomic E-state index is 9.91. The van der Waals surface area contributed by atoms with E-state index in [0.29, 0.717) is 12.2 Å². The van der Waals surface area contributed by atoms with Crippen molar-refractivity contribution in [3.05, 3.63) is 52.0 Å². The van der Waals surface area contributed by atoms with Crippen molar-refractivity contribution in [2.24, 2.45) is 5.73 Å². The van der Waals surface area contributed by atoms with Crippen molar-refractivity contribution in [1.82, 2.24) is 0 Å². The highest BCUT2D eigenvalue weighted by Crippen LogP contribution is 2.42. The summed E-state index contributed by atoms with van der Waals surface area (Å²) in [6.07, 6.45) is 0.485. The molecule has 0 radical (unpaired) electrons. The third-order valence-corrected chi connectivity index (χ3v) is 4.18. The van der Waals surface area contributed by atoms with Crippen LogP contribution in [0.25, 0.3) is 0 Å². The van der Waals surface area contributed by atoms with Gasteiger partial charge in [-0.1, -0.05) is 28.1 Å². The molecule has 4 nitrogen and oxygen atoms in total. The molecule has 0 aliphatic carbocycles. The van der Waals surface area contributed by atoms with Gasteiger partial charge in [-0.25, -0.2) is 0 Å². The molecule has 2 aromatic carbocycles. The molecular formula is C16H16BrNO3. The Morgan fingerprint density at radius 2 is 2.10 bits per heavy atom. The first-order valence-electron chi connectivity index (χ1n) is 6.67. The summed E-state index contributed by atoms with van der Waals surface area (Å²) in [6, 6.07) is 11.1. The predicted octanol–water partition coefficient (Wildman–Crippen LogP) is 3.69. The molecule has 0 saturated carbocycles. The number of halogens is 1. The largest absolute Gasteiger partial charge is 0.504 e. The van der Waals surface area contributed by atoms with Gasteiger partial charge in [-0.15, -0.1) is 0 Å². The van der Waals surface area contributed by atoms with Gasteiger partial charge < -0.3 is 20.3 Å². The van der Waals surface area contributed by atoms with Gasteiger partial charge in [0, 0.05) is 22.5 Å². The summed E-state index contributed by atoms with van der Waals surface area (Å²) >= 11 is 3.44. The molecular weight excluding hydrogens is 334 g/mol. The fraction of sp³-hybridized carbons (Fsp3) is 0.250. The molecule has 110 valence electrons. The molecule has 0 aromatic heterocycles. The van der Waals surface area contributed by atoms with Gasteiger partial charge in [0.15, 0.2) is 11.5 Å². The third kappa shape index (κ3) is 2.71. The van der Waals surface area contributed by atoms with Gasteiger partial charge in [0.1, 0.15) is 11.9 Å². The normalized spacial score (nSPS) is 20.5. The van der Waals surface area contributed by atoms with E-state index in [1.807, 2.05) is 24.3 Å². The Kier molecular flexibility index (Phi) is 3.78. The average molecular weight is 350 g/mol. The van der Waals surface area contributed by atoms with E-state index in [0.717, 1.165) is 21.3 Å². The summed E-state index contributed by atoms with van der Waals surface area (Å²) in [5.74, 6) is 1.33. The molecule has 1 aliphatic heterocycles. The van der Waals surface area contributed by atoms with Crippen LogP contribution in [0.4, 0.5) is 0 Å². The van der Waals surface area contributed by atoms with E-state index >= 15 is 0 Å². The second kappa shape index (κ2) is 5.58. The number of phenols is 1. The van der Waals surface area contributed by atoms with Crippen LogP contribution in [-0.2, 0) is 0 Å². The molecule has 1 unspecified atom stereocenters. The molecule has 5 heteroatoms. The molecule has 3 N–H and O–H groups in total. The number of rotatable bonds is 2. The first kappa shape index (κ1) is 14.2. The van der Waals surface area contributed by atoms with Crippen molar-refractivity contribution in [3.8, 4) is 17.2 Å². The lowest BCUT2D eigenvalue weighted by molar-refractivity contribution is 0.161. The monoisotopic (exact) mass is 349 g/mol. The summed E-state index contributed by atoms with van der Waals surface area (Å²) in [6.45, 7) is 0. The number of hydrogen-bond donors (Lipinski definition) is 2. The summed E-state index contributed by atoms with van der Waals surface area (Å²) in [5.41, 5.74) is 8.13. The van der Waals surface area contributed by atoms with Crippen LogP contribution in [0, 0.1) is 0 Å². The van der Waals surface area contributed by atoms with Gasteiger partial charge >= 0.3 is 0 Å². The van der Waals surface area contributed by atoms with E-state index in [-0.39, 0.29) is 17.9 Å². The van der Waals surface area contributed by atoms with E-state index < -0.39 is 0 Å². The van der Waals surface area contributed by atoms with Gasteiger partial charge in [0.25, 0.3) is 0 Å². The van der Waals surface area contributed by atoms with Crippen LogP contribution in [0.5, 0.6) is 17.2 Å². The predicted molar refractivity (Wildman–Crippen MR) is 83.7 cm³/mol. The Labute approximate surface area is 131 Å². The number of fused-ring (bicyclic) bond motifs is 1. The van der Waals surface area contributed by atoms with Crippen LogP contribution >= 0.6 is 15.9 Å². The smallest absolute Gasteiger partial charge is 0.160 e. The van der Waals surface area contributed by atoms with E-state index in [1.165, 1.54) is 7.11 Å². The first-order valence-corrected chi connectivity index (χ1v) is 7.46. The zero-order valence-corrected chi connectivity index (χ0v) is 13.1. The second-order valence-corrected chi connectivity index (χ2v) is 5.98. The Morgan fingerprint density at radius 1 is 1.29 bits per heavy atom. The zero-order valence-electron chi connectivity index (χ0n) is 11.5. The molecule has 2 aromatic rings. The molecule has 21 heavy (non-hydrogen) atoms. The summed E-state index contributed by atoms with van der Waals surface area (Å²) in [5, 5.41) is 9.91. The topological polar surface area (TPSA) is 64.7 Å². The van der Waals surface area contributed by atoms with E-state index in [2.05, 4.69) is 15.9 Å². The maximum Gasteiger partial charge on any atom is 0.160 e. The summed E-state index contributed by atoms with van der Waals surface area (Å²) in [7, 11) is 1.52. The minimum absolute atomic E-state index is 0.0869. The van der Waals surface area contributed by atoms with Gasteiger partial charge in [0.05, 0.1) is 7.11 Å². The molecule has 1 aliphatic rings. The fourth-order valence-electron chi connectivity index (χ4n) is 2.59. The maximum absolute atomic E-state index is 9.91. The lowest BCUT2D eigenvalue weighted by atomic mass is 9.93.